The molecular formula is C19H20N2O2. The van der Waals surface area contributed by atoms with Gasteiger partial charge in [0.1, 0.15) is 0 Å². The molecule has 118 valence electrons. The molecule has 0 aliphatic heterocycles. The van der Waals surface area contributed by atoms with Gasteiger partial charge >= 0.3 is 0 Å². The summed E-state index contributed by atoms with van der Waals surface area (Å²) >= 11 is 0. The van der Waals surface area contributed by atoms with E-state index in [9.17, 15) is 9.59 Å². The fourth-order valence-electron chi connectivity index (χ4n) is 1.88. The lowest BCUT2D eigenvalue weighted by Gasteiger charge is -2.09. The number of carbonyl (C=O) groups excluding carboxylic acids is 2. The maximum absolute atomic E-state index is 11.9. The third kappa shape index (κ3) is 5.43. The monoisotopic (exact) mass is 308 g/mol. The van der Waals surface area contributed by atoms with Crippen LogP contribution in [0, 0.1) is 5.92 Å². The molecule has 2 aromatic rings. The number of nitrogens with one attached hydrogen (secondary N) is 2. The van der Waals surface area contributed by atoms with Gasteiger partial charge in [-0.05, 0) is 29.8 Å². The summed E-state index contributed by atoms with van der Waals surface area (Å²) in [6.07, 6.45) is 3.23. The second kappa shape index (κ2) is 7.94. The molecule has 0 atom stereocenters. The predicted molar refractivity (Wildman–Crippen MR) is 94.0 cm³/mol. The fourth-order valence-corrected chi connectivity index (χ4v) is 1.88. The lowest BCUT2D eigenvalue weighted by atomic mass is 10.2. The van der Waals surface area contributed by atoms with Crippen LogP contribution in [0.25, 0.3) is 6.08 Å². The summed E-state index contributed by atoms with van der Waals surface area (Å²) in [6.45, 7) is 3.66. The summed E-state index contributed by atoms with van der Waals surface area (Å²) in [5, 5.41) is 5.58. The SMILES string of the molecule is CC(C)C(=O)Nc1cccc(NC(=O)C=Cc2ccccc2)c1. The molecule has 2 aromatic carbocycles. The minimum Gasteiger partial charge on any atom is -0.326 e. The van der Waals surface area contributed by atoms with Crippen molar-refractivity contribution >= 4 is 29.3 Å². The van der Waals surface area contributed by atoms with Gasteiger partial charge in [0.05, 0.1) is 0 Å². The van der Waals surface area contributed by atoms with Crippen LogP contribution in [-0.2, 0) is 9.59 Å². The van der Waals surface area contributed by atoms with Gasteiger partial charge < -0.3 is 10.6 Å². The third-order valence-corrected chi connectivity index (χ3v) is 3.15. The summed E-state index contributed by atoms with van der Waals surface area (Å²) in [7, 11) is 0. The molecule has 0 saturated heterocycles. The van der Waals surface area contributed by atoms with Crippen LogP contribution in [0.5, 0.6) is 0 Å². The van der Waals surface area contributed by atoms with E-state index in [0.717, 1.165) is 5.56 Å². The molecule has 0 aliphatic carbocycles. The van der Waals surface area contributed by atoms with E-state index in [1.54, 1.807) is 30.3 Å². The molecule has 0 saturated carbocycles. The average molecular weight is 308 g/mol. The first-order valence-corrected chi connectivity index (χ1v) is 7.49. The van der Waals surface area contributed by atoms with E-state index in [1.807, 2.05) is 44.2 Å². The highest BCUT2D eigenvalue weighted by atomic mass is 16.2. The summed E-state index contributed by atoms with van der Waals surface area (Å²) in [5.41, 5.74) is 2.25. The van der Waals surface area contributed by atoms with Gasteiger partial charge in [-0.1, -0.05) is 50.2 Å². The molecule has 0 aliphatic rings. The Morgan fingerprint density at radius 1 is 0.913 bits per heavy atom. The molecule has 0 unspecified atom stereocenters. The van der Waals surface area contributed by atoms with E-state index in [1.165, 1.54) is 6.08 Å². The Bertz CT molecular complexity index is 706. The standard InChI is InChI=1S/C19H20N2O2/c1-14(2)19(23)21-17-10-6-9-16(13-17)20-18(22)12-11-15-7-4-3-5-8-15/h3-14H,1-2H3,(H,20,22)(H,21,23). The molecule has 23 heavy (non-hydrogen) atoms. The van der Waals surface area contributed by atoms with Crippen molar-refractivity contribution in [3.05, 3.63) is 66.2 Å². The summed E-state index contributed by atoms with van der Waals surface area (Å²) in [5.74, 6) is -0.374. The van der Waals surface area contributed by atoms with Crippen LogP contribution in [0.15, 0.2) is 60.7 Å². The predicted octanol–water partition coefficient (Wildman–Crippen LogP) is 3.93. The molecule has 0 aromatic heterocycles. The maximum Gasteiger partial charge on any atom is 0.248 e. The number of amides is 2. The second-order valence-corrected chi connectivity index (χ2v) is 5.46. The lowest BCUT2D eigenvalue weighted by Crippen LogP contribution is -2.17. The van der Waals surface area contributed by atoms with Crippen molar-refractivity contribution in [1.29, 1.82) is 0 Å². The van der Waals surface area contributed by atoms with Crippen molar-refractivity contribution in [2.45, 2.75) is 13.8 Å². The molecule has 4 heteroatoms. The van der Waals surface area contributed by atoms with Crippen molar-refractivity contribution in [3.63, 3.8) is 0 Å². The molecule has 0 bridgehead atoms. The zero-order chi connectivity index (χ0) is 16.7. The highest BCUT2D eigenvalue weighted by Gasteiger charge is 2.07. The molecule has 4 nitrogen and oxygen atoms in total. The van der Waals surface area contributed by atoms with Crippen LogP contribution in [-0.4, -0.2) is 11.8 Å². The van der Waals surface area contributed by atoms with E-state index in [2.05, 4.69) is 10.6 Å². The third-order valence-electron chi connectivity index (χ3n) is 3.15. The Kier molecular flexibility index (Phi) is 5.69. The first-order chi connectivity index (χ1) is 11.0. The smallest absolute Gasteiger partial charge is 0.248 e. The zero-order valence-corrected chi connectivity index (χ0v) is 13.2. The minimum absolute atomic E-state index is 0.0579. The summed E-state index contributed by atoms with van der Waals surface area (Å²) < 4.78 is 0. The molecule has 2 N–H and O–H groups in total. The van der Waals surface area contributed by atoms with E-state index >= 15 is 0 Å². The quantitative estimate of drug-likeness (QED) is 0.822. The van der Waals surface area contributed by atoms with Crippen molar-refractivity contribution in [2.75, 3.05) is 10.6 Å². The van der Waals surface area contributed by atoms with Gasteiger partial charge in [-0.2, -0.15) is 0 Å². The molecular weight excluding hydrogens is 288 g/mol. The van der Waals surface area contributed by atoms with E-state index < -0.39 is 0 Å². The lowest BCUT2D eigenvalue weighted by molar-refractivity contribution is -0.119. The second-order valence-electron chi connectivity index (χ2n) is 5.46. The van der Waals surface area contributed by atoms with Crippen molar-refractivity contribution in [3.8, 4) is 0 Å². The fraction of sp³-hybridized carbons (Fsp3) is 0.158. The van der Waals surface area contributed by atoms with Gasteiger partial charge in [-0.25, -0.2) is 0 Å². The van der Waals surface area contributed by atoms with Crippen LogP contribution in [0.1, 0.15) is 19.4 Å². The number of benzene rings is 2. The Labute approximate surface area is 136 Å². The molecule has 2 amide bonds. The number of anilines is 2. The number of hydrogen-bond donors (Lipinski definition) is 2. The first-order valence-electron chi connectivity index (χ1n) is 7.49. The first kappa shape index (κ1) is 16.5. The van der Waals surface area contributed by atoms with Crippen molar-refractivity contribution in [2.24, 2.45) is 5.92 Å². The Morgan fingerprint density at radius 2 is 1.57 bits per heavy atom. The molecule has 0 fully saturated rings. The number of hydrogen-bond acceptors (Lipinski definition) is 2. The van der Waals surface area contributed by atoms with Gasteiger partial charge in [0.15, 0.2) is 0 Å². The summed E-state index contributed by atoms with van der Waals surface area (Å²) in [4.78, 5) is 23.6. The van der Waals surface area contributed by atoms with Crippen LogP contribution in [0.2, 0.25) is 0 Å². The Balaban J connectivity index is 1.98. The Morgan fingerprint density at radius 3 is 2.22 bits per heavy atom. The highest BCUT2D eigenvalue weighted by Crippen LogP contribution is 2.16. The van der Waals surface area contributed by atoms with Gasteiger partial charge in [-0.15, -0.1) is 0 Å². The average Bonchev–Trinajstić information content (AvgIpc) is 2.54. The molecule has 0 radical (unpaired) electrons. The van der Waals surface area contributed by atoms with Gasteiger partial charge in [0.2, 0.25) is 11.8 Å². The molecule has 2 rings (SSSR count). The van der Waals surface area contributed by atoms with E-state index in [4.69, 9.17) is 0 Å². The van der Waals surface area contributed by atoms with Crippen LogP contribution in [0.3, 0.4) is 0 Å². The van der Waals surface area contributed by atoms with E-state index in [0.29, 0.717) is 11.4 Å². The van der Waals surface area contributed by atoms with Crippen molar-refractivity contribution < 1.29 is 9.59 Å². The normalized spacial score (nSPS) is 10.7. The Hall–Kier alpha value is -2.88. The molecule has 0 spiro atoms. The number of carbonyl (C=O) groups is 2. The van der Waals surface area contributed by atoms with Gasteiger partial charge in [-0.3, -0.25) is 9.59 Å². The van der Waals surface area contributed by atoms with Crippen LogP contribution in [0.4, 0.5) is 11.4 Å². The van der Waals surface area contributed by atoms with Gasteiger partial charge in [0, 0.05) is 23.4 Å². The largest absolute Gasteiger partial charge is 0.326 e. The molecule has 0 heterocycles. The maximum atomic E-state index is 11.9. The van der Waals surface area contributed by atoms with Crippen LogP contribution < -0.4 is 10.6 Å². The van der Waals surface area contributed by atoms with Gasteiger partial charge in [0.25, 0.3) is 0 Å². The van der Waals surface area contributed by atoms with Crippen molar-refractivity contribution in [1.82, 2.24) is 0 Å². The highest BCUT2D eigenvalue weighted by molar-refractivity contribution is 6.02. The summed E-state index contributed by atoms with van der Waals surface area (Å²) in [6, 6.07) is 16.7. The van der Waals surface area contributed by atoms with Crippen LogP contribution >= 0.6 is 0 Å². The van der Waals surface area contributed by atoms with E-state index in [-0.39, 0.29) is 17.7 Å². The minimum atomic E-state index is -0.221. The zero-order valence-electron chi connectivity index (χ0n) is 13.2. The topological polar surface area (TPSA) is 58.2 Å². The number of rotatable bonds is 5.